The summed E-state index contributed by atoms with van der Waals surface area (Å²) < 4.78 is 5.92. The van der Waals surface area contributed by atoms with Crippen molar-refractivity contribution < 1.29 is 24.5 Å². The van der Waals surface area contributed by atoms with Crippen LogP contribution in [0.5, 0.6) is 0 Å². The van der Waals surface area contributed by atoms with E-state index in [1.54, 1.807) is 12.1 Å². The Morgan fingerprint density at radius 2 is 1.90 bits per heavy atom. The molecule has 10 nitrogen and oxygen atoms in total. The number of imidazole rings is 1. The van der Waals surface area contributed by atoms with E-state index in [0.717, 1.165) is 0 Å². The molecule has 0 saturated carbocycles. The number of aliphatic hydroxyl groups is 1. The van der Waals surface area contributed by atoms with Crippen molar-refractivity contribution in [1.82, 2.24) is 15.0 Å². The Balaban J connectivity index is 1.86. The summed E-state index contributed by atoms with van der Waals surface area (Å²) in [6.07, 6.45) is 2.13. The SMILES string of the molecule is [B]C1=C(c2nc(C3CC(C)(C)OC(C)(C(=O)O)C3)ccc2NC(=O)c2ncc(C#N)[nH]2)C([B])(O)C([B])C(C)(C)C1. The van der Waals surface area contributed by atoms with Gasteiger partial charge < -0.3 is 25.3 Å². The van der Waals surface area contributed by atoms with E-state index in [9.17, 15) is 19.8 Å². The Morgan fingerprint density at radius 3 is 2.50 bits per heavy atom. The molecule has 1 amide bonds. The van der Waals surface area contributed by atoms with E-state index in [-0.39, 0.29) is 46.3 Å². The van der Waals surface area contributed by atoms with Gasteiger partial charge in [-0.25, -0.2) is 9.78 Å². The molecular formula is C27H30B3N5O5. The summed E-state index contributed by atoms with van der Waals surface area (Å²) in [5, 5.41) is 33.2. The summed E-state index contributed by atoms with van der Waals surface area (Å²) in [6.45, 7) is 8.84. The third-order valence-electron chi connectivity index (χ3n) is 7.74. The van der Waals surface area contributed by atoms with Crippen LogP contribution < -0.4 is 5.32 Å². The maximum atomic E-state index is 13.0. The first-order valence-electron chi connectivity index (χ1n) is 12.9. The zero-order valence-corrected chi connectivity index (χ0v) is 23.2. The van der Waals surface area contributed by atoms with Crippen molar-refractivity contribution in [2.45, 2.75) is 82.3 Å². The van der Waals surface area contributed by atoms with Crippen molar-refractivity contribution >= 4 is 46.7 Å². The van der Waals surface area contributed by atoms with Gasteiger partial charge in [-0.15, -0.1) is 5.47 Å². The molecule has 1 saturated heterocycles. The zero-order valence-electron chi connectivity index (χ0n) is 23.2. The number of anilines is 1. The second-order valence-electron chi connectivity index (χ2n) is 12.2. The third-order valence-corrected chi connectivity index (χ3v) is 7.74. The average Bonchev–Trinajstić information content (AvgIpc) is 3.31. The standard InChI is InChI=1S/C27H30B3N5O5/c1-24(2)10-15(28)18(27(30,39)22(24)29)19-17(35-21(36)20-32-12-14(11-31)33-20)7-6-16(34-19)13-8-25(3,4)40-26(5,9-13)23(37)38/h6-7,12-13,22,39H,8-10H2,1-5H3,(H,32,33)(H,35,36)(H,37,38). The lowest BCUT2D eigenvalue weighted by Gasteiger charge is -2.49. The van der Waals surface area contributed by atoms with Crippen molar-refractivity contribution in [2.75, 3.05) is 5.32 Å². The normalized spacial score (nSPS) is 29.4. The van der Waals surface area contributed by atoms with Gasteiger partial charge >= 0.3 is 5.97 Å². The average molecular weight is 537 g/mol. The van der Waals surface area contributed by atoms with Gasteiger partial charge in [-0.3, -0.25) is 9.78 Å². The molecule has 0 aromatic carbocycles. The highest BCUT2D eigenvalue weighted by Crippen LogP contribution is 2.53. The van der Waals surface area contributed by atoms with Crippen molar-refractivity contribution in [3.8, 4) is 6.07 Å². The van der Waals surface area contributed by atoms with Crippen molar-refractivity contribution in [2.24, 2.45) is 5.41 Å². The molecule has 1 aliphatic heterocycles. The number of nitrogens with zero attached hydrogens (tertiary/aromatic N) is 3. The lowest BCUT2D eigenvalue weighted by atomic mass is 9.44. The topological polar surface area (TPSA) is 161 Å². The lowest BCUT2D eigenvalue weighted by Crippen LogP contribution is -2.51. The van der Waals surface area contributed by atoms with Crippen LogP contribution in [0.15, 0.2) is 23.8 Å². The first kappa shape index (κ1) is 29.6. The molecule has 4 unspecified atom stereocenters. The van der Waals surface area contributed by atoms with E-state index in [4.69, 9.17) is 38.5 Å². The molecule has 4 atom stereocenters. The Kier molecular flexibility index (Phi) is 7.35. The van der Waals surface area contributed by atoms with Gasteiger partial charge in [-0.05, 0) is 69.0 Å². The van der Waals surface area contributed by atoms with Crippen LogP contribution in [0.3, 0.4) is 0 Å². The lowest BCUT2D eigenvalue weighted by molar-refractivity contribution is -0.200. The minimum absolute atomic E-state index is 0.0703. The molecule has 40 heavy (non-hydrogen) atoms. The monoisotopic (exact) mass is 537 g/mol. The Hall–Kier alpha value is -3.36. The van der Waals surface area contributed by atoms with Gasteiger partial charge in [0.25, 0.3) is 5.91 Å². The fourth-order valence-corrected chi connectivity index (χ4v) is 5.88. The second-order valence-corrected chi connectivity index (χ2v) is 12.2. The van der Waals surface area contributed by atoms with E-state index in [2.05, 4.69) is 15.3 Å². The number of carbonyl (C=O) groups excluding carboxylic acids is 1. The van der Waals surface area contributed by atoms with Gasteiger partial charge in [0.1, 0.15) is 27.5 Å². The van der Waals surface area contributed by atoms with Crippen LogP contribution in [0.2, 0.25) is 5.82 Å². The van der Waals surface area contributed by atoms with Gasteiger partial charge in [0, 0.05) is 17.1 Å². The fraction of sp³-hybridized carbons (Fsp3) is 0.519. The quantitative estimate of drug-likeness (QED) is 0.424. The molecule has 1 aliphatic carbocycles. The number of carboxylic acids is 1. The largest absolute Gasteiger partial charge is 0.479 e. The van der Waals surface area contributed by atoms with E-state index in [0.29, 0.717) is 18.5 Å². The fourth-order valence-electron chi connectivity index (χ4n) is 5.88. The number of nitrogens with one attached hydrogen (secondary N) is 2. The molecule has 6 radical (unpaired) electrons. The number of carboxylic acid groups (broad SMARTS) is 1. The number of aromatic amines is 1. The minimum Gasteiger partial charge on any atom is -0.479 e. The number of nitriles is 1. The number of allylic oxidation sites excluding steroid dienone is 1. The number of H-pyrrole nitrogens is 1. The Morgan fingerprint density at radius 1 is 1.23 bits per heavy atom. The van der Waals surface area contributed by atoms with Crippen molar-refractivity contribution in [3.05, 3.63) is 46.7 Å². The van der Waals surface area contributed by atoms with Gasteiger partial charge in [0.05, 0.1) is 31.0 Å². The molecule has 2 aromatic heterocycles. The molecule has 3 heterocycles. The minimum atomic E-state index is -2.11. The van der Waals surface area contributed by atoms with E-state index < -0.39 is 39.8 Å². The molecule has 4 rings (SSSR count). The number of amides is 1. The summed E-state index contributed by atoms with van der Waals surface area (Å²) in [6, 6.07) is 5.14. The first-order valence-corrected chi connectivity index (χ1v) is 12.9. The molecule has 2 aliphatic rings. The van der Waals surface area contributed by atoms with Crippen LogP contribution in [0.4, 0.5) is 5.69 Å². The van der Waals surface area contributed by atoms with E-state index in [1.807, 2.05) is 33.8 Å². The van der Waals surface area contributed by atoms with E-state index >= 15 is 0 Å². The number of aliphatic carboxylic acids is 1. The maximum Gasteiger partial charge on any atom is 0.335 e. The highest BCUT2D eigenvalue weighted by atomic mass is 16.5. The number of aromatic nitrogens is 3. The summed E-state index contributed by atoms with van der Waals surface area (Å²) in [4.78, 5) is 36.5. The van der Waals surface area contributed by atoms with Crippen LogP contribution in [0.1, 0.15) is 87.5 Å². The number of carbonyl (C=O) groups is 2. The maximum absolute atomic E-state index is 13.0. The summed E-state index contributed by atoms with van der Waals surface area (Å²) in [5.74, 6) is -3.15. The smallest absolute Gasteiger partial charge is 0.335 e. The van der Waals surface area contributed by atoms with Gasteiger partial charge in [0.2, 0.25) is 0 Å². The van der Waals surface area contributed by atoms with Crippen LogP contribution >= 0.6 is 0 Å². The number of hydrogen-bond donors (Lipinski definition) is 4. The molecule has 0 bridgehead atoms. The predicted octanol–water partition coefficient (Wildman–Crippen LogP) is 2.57. The summed E-state index contributed by atoms with van der Waals surface area (Å²) >= 11 is 0. The molecule has 2 aromatic rings. The Labute approximate surface area is 237 Å². The summed E-state index contributed by atoms with van der Waals surface area (Å²) in [7, 11) is 19.3. The van der Waals surface area contributed by atoms with Crippen LogP contribution in [-0.4, -0.2) is 77.3 Å². The van der Waals surface area contributed by atoms with Crippen LogP contribution in [0.25, 0.3) is 5.57 Å². The van der Waals surface area contributed by atoms with E-state index in [1.165, 1.54) is 13.1 Å². The van der Waals surface area contributed by atoms with Gasteiger partial charge in [0.15, 0.2) is 11.4 Å². The number of ether oxygens (including phenoxy) is 1. The first-order chi connectivity index (χ1) is 18.4. The number of pyridine rings is 1. The third kappa shape index (κ3) is 5.35. The predicted molar refractivity (Wildman–Crippen MR) is 150 cm³/mol. The summed E-state index contributed by atoms with van der Waals surface area (Å²) in [5.41, 5.74) is -3.77. The molecule has 4 N–H and O–H groups in total. The molecule has 13 heteroatoms. The van der Waals surface area contributed by atoms with Crippen LogP contribution in [0, 0.1) is 16.7 Å². The Bertz CT molecular complexity index is 1440. The number of hydrogen-bond acceptors (Lipinski definition) is 7. The second kappa shape index (κ2) is 9.93. The number of rotatable bonds is 5. The van der Waals surface area contributed by atoms with Gasteiger partial charge in [-0.2, -0.15) is 5.26 Å². The highest BCUT2D eigenvalue weighted by Gasteiger charge is 2.49. The molecule has 202 valence electrons. The molecular weight excluding hydrogens is 507 g/mol. The molecule has 0 spiro atoms. The zero-order chi connectivity index (χ0) is 29.8. The van der Waals surface area contributed by atoms with Crippen molar-refractivity contribution in [3.63, 3.8) is 0 Å². The van der Waals surface area contributed by atoms with Gasteiger partial charge in [-0.1, -0.05) is 13.8 Å². The molecule has 1 fully saturated rings. The highest BCUT2D eigenvalue weighted by molar-refractivity contribution is 6.35. The van der Waals surface area contributed by atoms with Crippen molar-refractivity contribution in [1.29, 1.82) is 5.26 Å². The van der Waals surface area contributed by atoms with Crippen LogP contribution in [-0.2, 0) is 9.53 Å².